The number of nitrogens with zero attached hydrogens (tertiary/aromatic N) is 1. The normalized spacial score (nSPS) is 22.6. The number of rotatable bonds is 3. The van der Waals surface area contributed by atoms with Gasteiger partial charge in [-0.05, 0) is 42.7 Å². The third-order valence-electron chi connectivity index (χ3n) is 3.56. The first-order valence-electron chi connectivity index (χ1n) is 6.21. The molecular weight excluding hydrogens is 226 g/mol. The van der Waals surface area contributed by atoms with Crippen LogP contribution >= 0.6 is 0 Å². The van der Waals surface area contributed by atoms with Crippen LogP contribution in [0.3, 0.4) is 0 Å². The van der Waals surface area contributed by atoms with Crippen LogP contribution in [0.4, 0.5) is 0 Å². The van der Waals surface area contributed by atoms with E-state index in [1.165, 1.54) is 0 Å². The Hall–Kier alpha value is -1.81. The molecule has 4 heteroatoms. The lowest BCUT2D eigenvalue weighted by Crippen LogP contribution is -2.35. The first-order valence-corrected chi connectivity index (χ1v) is 6.21. The van der Waals surface area contributed by atoms with Crippen LogP contribution in [0.2, 0.25) is 0 Å². The molecule has 3 rings (SSSR count). The maximum atomic E-state index is 5.80. The van der Waals surface area contributed by atoms with Crippen LogP contribution in [-0.4, -0.2) is 23.1 Å². The maximum Gasteiger partial charge on any atom is 0.118 e. The quantitative estimate of drug-likeness (QED) is 0.869. The summed E-state index contributed by atoms with van der Waals surface area (Å²) < 4.78 is 5.15. The van der Waals surface area contributed by atoms with Crippen molar-refractivity contribution in [2.75, 3.05) is 7.11 Å². The molecule has 1 saturated carbocycles. The van der Waals surface area contributed by atoms with E-state index in [9.17, 15) is 0 Å². The van der Waals surface area contributed by atoms with Gasteiger partial charge in [-0.25, -0.2) is 4.98 Å². The zero-order valence-corrected chi connectivity index (χ0v) is 10.4. The Bertz CT molecular complexity index is 526. The summed E-state index contributed by atoms with van der Waals surface area (Å²) in [6.45, 7) is 0. The van der Waals surface area contributed by atoms with Gasteiger partial charge in [-0.2, -0.15) is 0 Å². The summed E-state index contributed by atoms with van der Waals surface area (Å²) in [4.78, 5) is 7.83. The average Bonchev–Trinajstić information content (AvgIpc) is 2.84. The van der Waals surface area contributed by atoms with Gasteiger partial charge in [-0.15, -0.1) is 0 Å². The second kappa shape index (κ2) is 4.46. The van der Waals surface area contributed by atoms with Crippen molar-refractivity contribution >= 4 is 0 Å². The van der Waals surface area contributed by atoms with Crippen molar-refractivity contribution in [3.8, 4) is 17.0 Å². The predicted octanol–water partition coefficient (Wildman–Crippen LogP) is 2.29. The molecule has 2 aromatic rings. The summed E-state index contributed by atoms with van der Waals surface area (Å²) in [6, 6.07) is 8.32. The zero-order valence-electron chi connectivity index (χ0n) is 10.4. The molecule has 1 aromatic carbocycles. The van der Waals surface area contributed by atoms with E-state index < -0.39 is 0 Å². The highest BCUT2D eigenvalue weighted by Crippen LogP contribution is 2.34. The highest BCUT2D eigenvalue weighted by Gasteiger charge is 2.29. The molecule has 0 spiro atoms. The zero-order chi connectivity index (χ0) is 12.5. The van der Waals surface area contributed by atoms with Gasteiger partial charge in [0.15, 0.2) is 0 Å². The Morgan fingerprint density at radius 1 is 1.28 bits per heavy atom. The van der Waals surface area contributed by atoms with Crippen molar-refractivity contribution in [3.63, 3.8) is 0 Å². The van der Waals surface area contributed by atoms with E-state index in [0.717, 1.165) is 35.7 Å². The van der Waals surface area contributed by atoms with Crippen molar-refractivity contribution in [3.05, 3.63) is 36.3 Å². The molecule has 0 aliphatic heterocycles. The molecule has 94 valence electrons. The van der Waals surface area contributed by atoms with Crippen LogP contribution in [0.25, 0.3) is 11.3 Å². The first kappa shape index (κ1) is 11.3. The molecule has 4 nitrogen and oxygen atoms in total. The first-order chi connectivity index (χ1) is 8.76. The SMILES string of the molecule is COc1ccc(-c2cnc(C3CC(N)C3)[nH]2)cc1. The standard InChI is InChI=1S/C14H17N3O/c1-18-12-4-2-9(3-5-12)13-8-16-14(17-13)10-6-11(15)7-10/h2-5,8,10-11H,6-7,15H2,1H3,(H,16,17). The van der Waals surface area contributed by atoms with Gasteiger partial charge in [0, 0.05) is 12.0 Å². The van der Waals surface area contributed by atoms with Gasteiger partial charge in [0.25, 0.3) is 0 Å². The number of H-pyrrole nitrogens is 1. The van der Waals surface area contributed by atoms with Gasteiger partial charge in [-0.3, -0.25) is 0 Å². The van der Waals surface area contributed by atoms with E-state index in [0.29, 0.717) is 12.0 Å². The largest absolute Gasteiger partial charge is 0.497 e. The highest BCUT2D eigenvalue weighted by molar-refractivity contribution is 5.59. The minimum absolute atomic E-state index is 0.351. The Balaban J connectivity index is 1.79. The van der Waals surface area contributed by atoms with Crippen LogP contribution in [0, 0.1) is 0 Å². The summed E-state index contributed by atoms with van der Waals surface area (Å²) in [5, 5.41) is 0. The van der Waals surface area contributed by atoms with Gasteiger partial charge in [0.2, 0.25) is 0 Å². The molecule has 0 unspecified atom stereocenters. The average molecular weight is 243 g/mol. The molecule has 1 heterocycles. The van der Waals surface area contributed by atoms with Crippen molar-refractivity contribution in [1.29, 1.82) is 0 Å². The summed E-state index contributed by atoms with van der Waals surface area (Å²) in [7, 11) is 1.67. The summed E-state index contributed by atoms with van der Waals surface area (Å²) in [6.07, 6.45) is 3.96. The number of hydrogen-bond donors (Lipinski definition) is 2. The molecule has 1 aliphatic carbocycles. The number of nitrogens with two attached hydrogens (primary N) is 1. The van der Waals surface area contributed by atoms with Crippen molar-refractivity contribution in [2.45, 2.75) is 24.8 Å². The van der Waals surface area contributed by atoms with Gasteiger partial charge < -0.3 is 15.5 Å². The third kappa shape index (κ3) is 1.99. The van der Waals surface area contributed by atoms with Gasteiger partial charge in [0.05, 0.1) is 19.0 Å². The van der Waals surface area contributed by atoms with E-state index in [4.69, 9.17) is 10.5 Å². The molecule has 0 amide bonds. The van der Waals surface area contributed by atoms with Crippen LogP contribution in [0.15, 0.2) is 30.5 Å². The lowest BCUT2D eigenvalue weighted by molar-refractivity contribution is 0.340. The Morgan fingerprint density at radius 3 is 2.61 bits per heavy atom. The summed E-state index contributed by atoms with van der Waals surface area (Å²) in [5.41, 5.74) is 7.97. The highest BCUT2D eigenvalue weighted by atomic mass is 16.5. The Morgan fingerprint density at radius 2 is 2.00 bits per heavy atom. The van der Waals surface area contributed by atoms with E-state index in [1.54, 1.807) is 7.11 Å². The second-order valence-corrected chi connectivity index (χ2v) is 4.84. The van der Waals surface area contributed by atoms with Crippen molar-refractivity contribution < 1.29 is 4.74 Å². The second-order valence-electron chi connectivity index (χ2n) is 4.84. The third-order valence-corrected chi connectivity index (χ3v) is 3.56. The smallest absolute Gasteiger partial charge is 0.118 e. The number of methoxy groups -OCH3 is 1. The van der Waals surface area contributed by atoms with E-state index in [-0.39, 0.29) is 0 Å². The maximum absolute atomic E-state index is 5.80. The van der Waals surface area contributed by atoms with Crippen LogP contribution in [-0.2, 0) is 0 Å². The minimum Gasteiger partial charge on any atom is -0.497 e. The number of nitrogens with one attached hydrogen (secondary N) is 1. The molecule has 0 atom stereocenters. The minimum atomic E-state index is 0.351. The lowest BCUT2D eigenvalue weighted by atomic mass is 9.80. The molecule has 18 heavy (non-hydrogen) atoms. The molecule has 1 aromatic heterocycles. The van der Waals surface area contributed by atoms with E-state index in [1.807, 2.05) is 30.5 Å². The molecular formula is C14H17N3O. The van der Waals surface area contributed by atoms with Gasteiger partial charge >= 0.3 is 0 Å². The summed E-state index contributed by atoms with van der Waals surface area (Å²) in [5.74, 6) is 2.43. The Labute approximate surface area is 106 Å². The molecule has 3 N–H and O–H groups in total. The fourth-order valence-electron chi connectivity index (χ4n) is 2.35. The fraction of sp³-hybridized carbons (Fsp3) is 0.357. The molecule has 0 bridgehead atoms. The topological polar surface area (TPSA) is 63.9 Å². The Kier molecular flexibility index (Phi) is 2.80. The van der Waals surface area contributed by atoms with E-state index >= 15 is 0 Å². The number of aromatic amines is 1. The number of imidazole rings is 1. The number of ether oxygens (including phenoxy) is 1. The molecule has 1 fully saturated rings. The van der Waals surface area contributed by atoms with Crippen molar-refractivity contribution in [2.24, 2.45) is 5.73 Å². The summed E-state index contributed by atoms with van der Waals surface area (Å²) >= 11 is 0. The van der Waals surface area contributed by atoms with Crippen molar-refractivity contribution in [1.82, 2.24) is 9.97 Å². The van der Waals surface area contributed by atoms with Crippen LogP contribution in [0.1, 0.15) is 24.6 Å². The monoisotopic (exact) mass is 243 g/mol. The molecule has 1 aliphatic rings. The van der Waals surface area contributed by atoms with Crippen LogP contribution in [0.5, 0.6) is 5.75 Å². The number of hydrogen-bond acceptors (Lipinski definition) is 3. The lowest BCUT2D eigenvalue weighted by Gasteiger charge is -2.30. The number of aromatic nitrogens is 2. The molecule has 0 radical (unpaired) electrons. The van der Waals surface area contributed by atoms with E-state index in [2.05, 4.69) is 9.97 Å². The van der Waals surface area contributed by atoms with Crippen LogP contribution < -0.4 is 10.5 Å². The van der Waals surface area contributed by atoms with Gasteiger partial charge in [0.1, 0.15) is 11.6 Å². The fourth-order valence-corrected chi connectivity index (χ4v) is 2.35. The molecule has 0 saturated heterocycles. The van der Waals surface area contributed by atoms with Gasteiger partial charge in [-0.1, -0.05) is 0 Å². The predicted molar refractivity (Wildman–Crippen MR) is 70.5 cm³/mol. The number of benzene rings is 1.